The molecule has 0 unspecified atom stereocenters. The molecule has 2 aliphatic heterocycles. The van der Waals surface area contributed by atoms with Gasteiger partial charge in [0.1, 0.15) is 0 Å². The maximum Gasteiger partial charge on any atom is 0.238 e. The van der Waals surface area contributed by atoms with Crippen molar-refractivity contribution in [1.29, 1.82) is 0 Å². The van der Waals surface area contributed by atoms with Gasteiger partial charge in [-0.2, -0.15) is 0 Å². The van der Waals surface area contributed by atoms with Gasteiger partial charge in [0, 0.05) is 18.2 Å². The fourth-order valence-electron chi connectivity index (χ4n) is 2.86. The lowest BCUT2D eigenvalue weighted by atomic mass is 9.99. The second kappa shape index (κ2) is 7.01. The summed E-state index contributed by atoms with van der Waals surface area (Å²) in [5.74, 6) is 2.27. The molecule has 0 spiro atoms. The highest BCUT2D eigenvalue weighted by Gasteiger charge is 2.18. The first kappa shape index (κ1) is 15.2. The number of hydrogen-bond donors (Lipinski definition) is 1. The molecule has 5 nitrogen and oxygen atoms in total. The van der Waals surface area contributed by atoms with Crippen LogP contribution < -0.4 is 14.8 Å². The number of nitrogens with one attached hydrogen (secondary N) is 1. The van der Waals surface area contributed by atoms with Crippen molar-refractivity contribution in [2.24, 2.45) is 5.92 Å². The Hall–Kier alpha value is -1.75. The Kier molecular flexibility index (Phi) is 4.83. The first-order valence-corrected chi connectivity index (χ1v) is 8.12. The Bertz CT molecular complexity index is 525. The number of piperidine rings is 1. The van der Waals surface area contributed by atoms with E-state index in [9.17, 15) is 4.79 Å². The Morgan fingerprint density at radius 1 is 1.23 bits per heavy atom. The minimum atomic E-state index is 0.0315. The summed E-state index contributed by atoms with van der Waals surface area (Å²) in [5.41, 5.74) is 0.764. The monoisotopic (exact) mass is 304 g/mol. The van der Waals surface area contributed by atoms with Gasteiger partial charge in [0.05, 0.1) is 19.8 Å². The van der Waals surface area contributed by atoms with Gasteiger partial charge in [0.25, 0.3) is 0 Å². The largest absolute Gasteiger partial charge is 0.490 e. The number of anilines is 1. The van der Waals surface area contributed by atoms with Gasteiger partial charge in [0.2, 0.25) is 5.91 Å². The molecule has 1 saturated heterocycles. The van der Waals surface area contributed by atoms with E-state index in [4.69, 9.17) is 9.47 Å². The SMILES string of the molecule is CC1CCN(CC(=O)Nc2ccc3c(c2)OCCCO3)CC1. The van der Waals surface area contributed by atoms with Crippen LogP contribution in [0.25, 0.3) is 0 Å². The number of ether oxygens (including phenoxy) is 2. The van der Waals surface area contributed by atoms with E-state index < -0.39 is 0 Å². The Labute approximate surface area is 131 Å². The van der Waals surface area contributed by atoms with Crippen LogP contribution in [0, 0.1) is 5.92 Å². The molecule has 1 aromatic carbocycles. The van der Waals surface area contributed by atoms with Crippen LogP contribution in [-0.2, 0) is 4.79 Å². The van der Waals surface area contributed by atoms with Crippen LogP contribution in [-0.4, -0.2) is 43.7 Å². The first-order valence-electron chi connectivity index (χ1n) is 8.12. The molecule has 0 radical (unpaired) electrons. The number of benzene rings is 1. The molecule has 0 atom stereocenters. The van der Waals surface area contributed by atoms with Crippen molar-refractivity contribution < 1.29 is 14.3 Å². The zero-order valence-corrected chi connectivity index (χ0v) is 13.1. The van der Waals surface area contributed by atoms with Gasteiger partial charge in [-0.05, 0) is 44.0 Å². The Morgan fingerprint density at radius 2 is 1.95 bits per heavy atom. The van der Waals surface area contributed by atoms with Gasteiger partial charge in [-0.25, -0.2) is 0 Å². The van der Waals surface area contributed by atoms with Crippen molar-refractivity contribution in [3.05, 3.63) is 18.2 Å². The van der Waals surface area contributed by atoms with E-state index in [-0.39, 0.29) is 5.91 Å². The molecule has 3 rings (SSSR count). The standard InChI is InChI=1S/C17H24N2O3/c1-13-5-7-19(8-6-13)12-17(20)18-14-3-4-15-16(11-14)22-10-2-9-21-15/h3-4,11,13H,2,5-10,12H2,1H3,(H,18,20). The summed E-state index contributed by atoms with van der Waals surface area (Å²) in [6, 6.07) is 5.57. The highest BCUT2D eigenvalue weighted by Crippen LogP contribution is 2.32. The minimum Gasteiger partial charge on any atom is -0.490 e. The molecule has 1 amide bonds. The molecule has 0 aromatic heterocycles. The summed E-state index contributed by atoms with van der Waals surface area (Å²) in [6.45, 7) is 6.07. The quantitative estimate of drug-likeness (QED) is 0.932. The summed E-state index contributed by atoms with van der Waals surface area (Å²) in [4.78, 5) is 14.4. The van der Waals surface area contributed by atoms with E-state index in [0.29, 0.717) is 25.5 Å². The lowest BCUT2D eigenvalue weighted by Crippen LogP contribution is -2.38. The number of carbonyl (C=O) groups excluding carboxylic acids is 1. The predicted molar refractivity (Wildman–Crippen MR) is 85.5 cm³/mol. The molecular weight excluding hydrogens is 280 g/mol. The second-order valence-electron chi connectivity index (χ2n) is 6.22. The molecule has 120 valence electrons. The molecule has 2 heterocycles. The third-order valence-corrected chi connectivity index (χ3v) is 4.27. The van der Waals surface area contributed by atoms with Gasteiger partial charge in [-0.15, -0.1) is 0 Å². The molecule has 22 heavy (non-hydrogen) atoms. The van der Waals surface area contributed by atoms with Crippen LogP contribution in [0.3, 0.4) is 0 Å². The predicted octanol–water partition coefficient (Wildman–Crippen LogP) is 2.52. The van der Waals surface area contributed by atoms with E-state index in [1.165, 1.54) is 12.8 Å². The fourth-order valence-corrected chi connectivity index (χ4v) is 2.86. The average molecular weight is 304 g/mol. The Balaban J connectivity index is 1.56. The van der Waals surface area contributed by atoms with Crippen molar-refractivity contribution in [3.63, 3.8) is 0 Å². The summed E-state index contributed by atoms with van der Waals surface area (Å²) in [5, 5.41) is 2.95. The van der Waals surface area contributed by atoms with Gasteiger partial charge < -0.3 is 14.8 Å². The number of rotatable bonds is 3. The van der Waals surface area contributed by atoms with E-state index in [1.807, 2.05) is 18.2 Å². The van der Waals surface area contributed by atoms with Crippen molar-refractivity contribution in [1.82, 2.24) is 4.90 Å². The van der Waals surface area contributed by atoms with Crippen LogP contribution in [0.15, 0.2) is 18.2 Å². The number of hydrogen-bond acceptors (Lipinski definition) is 4. The van der Waals surface area contributed by atoms with Gasteiger partial charge in [0.15, 0.2) is 11.5 Å². The maximum atomic E-state index is 12.2. The highest BCUT2D eigenvalue weighted by molar-refractivity contribution is 5.92. The van der Waals surface area contributed by atoms with Crippen LogP contribution in [0.2, 0.25) is 0 Å². The number of amides is 1. The molecule has 5 heteroatoms. The molecule has 0 aliphatic carbocycles. The lowest BCUT2D eigenvalue weighted by Gasteiger charge is -2.29. The minimum absolute atomic E-state index is 0.0315. The van der Waals surface area contributed by atoms with E-state index in [1.54, 1.807) is 0 Å². The molecule has 1 aromatic rings. The number of fused-ring (bicyclic) bond motifs is 1. The third-order valence-electron chi connectivity index (χ3n) is 4.27. The van der Waals surface area contributed by atoms with Crippen molar-refractivity contribution in [3.8, 4) is 11.5 Å². The summed E-state index contributed by atoms with van der Waals surface area (Å²) in [6.07, 6.45) is 3.23. The van der Waals surface area contributed by atoms with E-state index in [0.717, 1.165) is 36.9 Å². The number of likely N-dealkylation sites (tertiary alicyclic amines) is 1. The van der Waals surface area contributed by atoms with Gasteiger partial charge in [-0.1, -0.05) is 6.92 Å². The summed E-state index contributed by atoms with van der Waals surface area (Å²) in [7, 11) is 0. The van der Waals surface area contributed by atoms with Crippen molar-refractivity contribution in [2.45, 2.75) is 26.2 Å². The highest BCUT2D eigenvalue weighted by atomic mass is 16.5. The molecule has 0 saturated carbocycles. The van der Waals surface area contributed by atoms with Crippen LogP contribution >= 0.6 is 0 Å². The third kappa shape index (κ3) is 3.91. The van der Waals surface area contributed by atoms with Crippen LogP contribution in [0.5, 0.6) is 11.5 Å². The zero-order valence-electron chi connectivity index (χ0n) is 13.1. The van der Waals surface area contributed by atoms with Gasteiger partial charge >= 0.3 is 0 Å². The molecule has 1 N–H and O–H groups in total. The van der Waals surface area contributed by atoms with Gasteiger partial charge in [-0.3, -0.25) is 9.69 Å². The summed E-state index contributed by atoms with van der Waals surface area (Å²) < 4.78 is 11.2. The lowest BCUT2D eigenvalue weighted by molar-refractivity contribution is -0.117. The number of nitrogens with zero attached hydrogens (tertiary/aromatic N) is 1. The molecular formula is C17H24N2O3. The Morgan fingerprint density at radius 3 is 2.73 bits per heavy atom. The maximum absolute atomic E-state index is 12.2. The average Bonchev–Trinajstić information content (AvgIpc) is 2.74. The van der Waals surface area contributed by atoms with Crippen LogP contribution in [0.4, 0.5) is 5.69 Å². The van der Waals surface area contributed by atoms with Crippen LogP contribution in [0.1, 0.15) is 26.2 Å². The second-order valence-corrected chi connectivity index (χ2v) is 6.22. The topological polar surface area (TPSA) is 50.8 Å². The first-order chi connectivity index (χ1) is 10.7. The number of carbonyl (C=O) groups is 1. The van der Waals surface area contributed by atoms with E-state index >= 15 is 0 Å². The fraction of sp³-hybridized carbons (Fsp3) is 0.588. The normalized spacial score (nSPS) is 19.5. The molecule has 1 fully saturated rings. The molecule has 2 aliphatic rings. The smallest absolute Gasteiger partial charge is 0.238 e. The van der Waals surface area contributed by atoms with Crippen molar-refractivity contribution >= 4 is 11.6 Å². The molecule has 0 bridgehead atoms. The van der Waals surface area contributed by atoms with Crippen molar-refractivity contribution in [2.75, 3.05) is 38.2 Å². The zero-order chi connectivity index (χ0) is 15.4. The summed E-state index contributed by atoms with van der Waals surface area (Å²) >= 11 is 0. The van der Waals surface area contributed by atoms with E-state index in [2.05, 4.69) is 17.1 Å².